The van der Waals surface area contributed by atoms with Crippen molar-refractivity contribution in [1.29, 1.82) is 0 Å². The smallest absolute Gasteiger partial charge is 0.344 e. The third kappa shape index (κ3) is 6.25. The molecule has 19 heavy (non-hydrogen) atoms. The lowest BCUT2D eigenvalue weighted by atomic mass is 10.3. The number of rotatable bonds is 8. The maximum absolute atomic E-state index is 11.6. The Bertz CT molecular complexity index is 363. The van der Waals surface area contributed by atoms with Crippen LogP contribution in [0.5, 0.6) is 5.75 Å². The number of carbonyl (C=O) groups is 1. The number of likely N-dealkylation sites (N-methyl/N-ethyl adjacent to an activating group) is 1. The number of ether oxygens (including phenoxy) is 2. The van der Waals surface area contributed by atoms with Gasteiger partial charge in [-0.1, -0.05) is 32.0 Å². The SMILES string of the molecule is CCN(CC)C[C@H](C)OC(=O)COc1ccccc1. The molecule has 0 amide bonds. The summed E-state index contributed by atoms with van der Waals surface area (Å²) < 4.78 is 10.6. The van der Waals surface area contributed by atoms with Crippen LogP contribution in [0.4, 0.5) is 0 Å². The molecule has 0 saturated carbocycles. The molecule has 0 aliphatic rings. The topological polar surface area (TPSA) is 38.8 Å². The molecule has 0 heterocycles. The molecule has 1 atom stereocenters. The number of hydrogen-bond acceptors (Lipinski definition) is 4. The van der Waals surface area contributed by atoms with E-state index in [0.29, 0.717) is 5.75 Å². The van der Waals surface area contributed by atoms with Gasteiger partial charge >= 0.3 is 5.97 Å². The van der Waals surface area contributed by atoms with Gasteiger partial charge in [-0.25, -0.2) is 4.79 Å². The van der Waals surface area contributed by atoms with E-state index in [4.69, 9.17) is 9.47 Å². The van der Waals surface area contributed by atoms with E-state index >= 15 is 0 Å². The lowest BCUT2D eigenvalue weighted by molar-refractivity contribution is -0.151. The third-order valence-corrected chi connectivity index (χ3v) is 2.84. The molecule has 0 aromatic heterocycles. The van der Waals surface area contributed by atoms with Gasteiger partial charge in [0, 0.05) is 6.54 Å². The van der Waals surface area contributed by atoms with E-state index in [-0.39, 0.29) is 18.7 Å². The van der Waals surface area contributed by atoms with E-state index in [9.17, 15) is 4.79 Å². The van der Waals surface area contributed by atoms with Gasteiger partial charge in [-0.05, 0) is 32.1 Å². The molecule has 4 heteroatoms. The molecule has 0 aliphatic heterocycles. The lowest BCUT2D eigenvalue weighted by Crippen LogP contribution is -2.34. The zero-order valence-corrected chi connectivity index (χ0v) is 12.0. The van der Waals surface area contributed by atoms with Gasteiger partial charge in [0.2, 0.25) is 0 Å². The van der Waals surface area contributed by atoms with Gasteiger partial charge in [-0.3, -0.25) is 0 Å². The molecule has 4 nitrogen and oxygen atoms in total. The highest BCUT2D eigenvalue weighted by Gasteiger charge is 2.12. The largest absolute Gasteiger partial charge is 0.482 e. The third-order valence-electron chi connectivity index (χ3n) is 2.84. The van der Waals surface area contributed by atoms with Crippen molar-refractivity contribution in [2.45, 2.75) is 26.9 Å². The van der Waals surface area contributed by atoms with Crippen molar-refractivity contribution in [3.05, 3.63) is 30.3 Å². The number of esters is 1. The van der Waals surface area contributed by atoms with Crippen molar-refractivity contribution >= 4 is 5.97 Å². The Hall–Kier alpha value is -1.55. The van der Waals surface area contributed by atoms with Crippen LogP contribution in [0.1, 0.15) is 20.8 Å². The first-order valence-corrected chi connectivity index (χ1v) is 6.75. The van der Waals surface area contributed by atoms with Crippen LogP contribution in [-0.2, 0) is 9.53 Å². The van der Waals surface area contributed by atoms with Crippen LogP contribution in [0, 0.1) is 0 Å². The normalized spacial score (nSPS) is 12.2. The van der Waals surface area contributed by atoms with E-state index in [1.165, 1.54) is 0 Å². The standard InChI is InChI=1S/C15H23NO3/c1-4-16(5-2)11-13(3)19-15(17)12-18-14-9-7-6-8-10-14/h6-10,13H,4-5,11-12H2,1-3H3/t13-/m0/s1. The molecule has 0 aliphatic carbocycles. The molecule has 1 aromatic rings. The molecule has 0 fully saturated rings. The summed E-state index contributed by atoms with van der Waals surface area (Å²) in [7, 11) is 0. The van der Waals surface area contributed by atoms with Gasteiger partial charge < -0.3 is 14.4 Å². The molecule has 0 unspecified atom stereocenters. The number of benzene rings is 1. The highest BCUT2D eigenvalue weighted by atomic mass is 16.6. The Labute approximate surface area is 115 Å². The van der Waals surface area contributed by atoms with E-state index < -0.39 is 0 Å². The summed E-state index contributed by atoms with van der Waals surface area (Å²) in [6, 6.07) is 9.25. The van der Waals surface area contributed by atoms with E-state index in [1.807, 2.05) is 37.3 Å². The van der Waals surface area contributed by atoms with E-state index in [0.717, 1.165) is 19.6 Å². The van der Waals surface area contributed by atoms with Crippen LogP contribution in [0.3, 0.4) is 0 Å². The highest BCUT2D eigenvalue weighted by Crippen LogP contribution is 2.08. The summed E-state index contributed by atoms with van der Waals surface area (Å²) in [5.41, 5.74) is 0. The summed E-state index contributed by atoms with van der Waals surface area (Å²) >= 11 is 0. The second-order valence-corrected chi connectivity index (χ2v) is 4.39. The summed E-state index contributed by atoms with van der Waals surface area (Å²) in [5, 5.41) is 0. The maximum atomic E-state index is 11.6. The first-order chi connectivity index (χ1) is 9.15. The van der Waals surface area contributed by atoms with Crippen LogP contribution in [0.15, 0.2) is 30.3 Å². The van der Waals surface area contributed by atoms with Crippen molar-refractivity contribution in [3.63, 3.8) is 0 Å². The minimum atomic E-state index is -0.330. The van der Waals surface area contributed by atoms with Crippen LogP contribution >= 0.6 is 0 Å². The average molecular weight is 265 g/mol. The van der Waals surface area contributed by atoms with Gasteiger partial charge in [0.05, 0.1) is 0 Å². The van der Waals surface area contributed by atoms with Gasteiger partial charge in [0.15, 0.2) is 6.61 Å². The Morgan fingerprint density at radius 1 is 1.21 bits per heavy atom. The number of carbonyl (C=O) groups excluding carboxylic acids is 1. The fourth-order valence-corrected chi connectivity index (χ4v) is 1.80. The van der Waals surface area contributed by atoms with Crippen LogP contribution in [0.2, 0.25) is 0 Å². The lowest BCUT2D eigenvalue weighted by Gasteiger charge is -2.22. The Kier molecular flexibility index (Phi) is 6.97. The molecule has 106 valence electrons. The maximum Gasteiger partial charge on any atom is 0.344 e. The fraction of sp³-hybridized carbons (Fsp3) is 0.533. The minimum absolute atomic E-state index is 0.0490. The zero-order chi connectivity index (χ0) is 14.1. The fourth-order valence-electron chi connectivity index (χ4n) is 1.80. The van der Waals surface area contributed by atoms with Gasteiger partial charge in [0.1, 0.15) is 11.9 Å². The second-order valence-electron chi connectivity index (χ2n) is 4.39. The molecular formula is C15H23NO3. The summed E-state index contributed by atoms with van der Waals surface area (Å²) in [6.45, 7) is 8.71. The molecule has 0 radical (unpaired) electrons. The quantitative estimate of drug-likeness (QED) is 0.676. The van der Waals surface area contributed by atoms with Crippen LogP contribution in [-0.4, -0.2) is 43.2 Å². The first kappa shape index (κ1) is 15.5. The van der Waals surface area contributed by atoms with Crippen LogP contribution in [0.25, 0.3) is 0 Å². The van der Waals surface area contributed by atoms with Crippen LogP contribution < -0.4 is 4.74 Å². The minimum Gasteiger partial charge on any atom is -0.482 e. The van der Waals surface area contributed by atoms with Gasteiger partial charge in [0.25, 0.3) is 0 Å². The predicted molar refractivity (Wildman–Crippen MR) is 75.3 cm³/mol. The number of nitrogens with zero attached hydrogens (tertiary/aromatic N) is 1. The summed E-state index contributed by atoms with van der Waals surface area (Å²) in [6.07, 6.45) is -0.119. The van der Waals surface area contributed by atoms with Gasteiger partial charge in [-0.2, -0.15) is 0 Å². The molecule has 0 saturated heterocycles. The Balaban J connectivity index is 2.27. The predicted octanol–water partition coefficient (Wildman–Crippen LogP) is 2.34. The molecule has 0 bridgehead atoms. The van der Waals surface area contributed by atoms with Crippen molar-refractivity contribution in [2.24, 2.45) is 0 Å². The zero-order valence-electron chi connectivity index (χ0n) is 12.0. The summed E-state index contributed by atoms with van der Waals surface area (Å²) in [5.74, 6) is 0.347. The second kappa shape index (κ2) is 8.53. The van der Waals surface area contributed by atoms with Crippen molar-refractivity contribution in [2.75, 3.05) is 26.2 Å². The van der Waals surface area contributed by atoms with E-state index in [1.54, 1.807) is 0 Å². The molecule has 0 N–H and O–H groups in total. The first-order valence-electron chi connectivity index (χ1n) is 6.75. The van der Waals surface area contributed by atoms with Crippen molar-refractivity contribution < 1.29 is 14.3 Å². The highest BCUT2D eigenvalue weighted by molar-refractivity contribution is 5.71. The molecular weight excluding hydrogens is 242 g/mol. The molecule has 1 rings (SSSR count). The van der Waals surface area contributed by atoms with Crippen molar-refractivity contribution in [3.8, 4) is 5.75 Å². The number of para-hydroxylation sites is 1. The average Bonchev–Trinajstić information content (AvgIpc) is 2.43. The molecule has 0 spiro atoms. The van der Waals surface area contributed by atoms with E-state index in [2.05, 4.69) is 18.7 Å². The Morgan fingerprint density at radius 2 is 1.84 bits per heavy atom. The van der Waals surface area contributed by atoms with Crippen molar-refractivity contribution in [1.82, 2.24) is 4.90 Å². The molecule has 1 aromatic carbocycles. The Morgan fingerprint density at radius 3 is 2.42 bits per heavy atom. The number of hydrogen-bond donors (Lipinski definition) is 0. The van der Waals surface area contributed by atoms with Gasteiger partial charge in [-0.15, -0.1) is 0 Å². The summed E-state index contributed by atoms with van der Waals surface area (Å²) in [4.78, 5) is 13.8. The monoisotopic (exact) mass is 265 g/mol.